The van der Waals surface area contributed by atoms with Crippen molar-refractivity contribution in [2.24, 2.45) is 5.73 Å². The van der Waals surface area contributed by atoms with Crippen molar-refractivity contribution in [2.75, 3.05) is 18.6 Å². The van der Waals surface area contributed by atoms with Crippen molar-refractivity contribution in [3.05, 3.63) is 29.3 Å². The third-order valence-corrected chi connectivity index (χ3v) is 3.39. The fourth-order valence-electron chi connectivity index (χ4n) is 1.58. The number of ether oxygens (including phenoxy) is 1. The normalized spacial score (nSPS) is 13.4. The van der Waals surface area contributed by atoms with Gasteiger partial charge in [-0.1, -0.05) is 12.1 Å². The molecule has 1 unspecified atom stereocenters. The third-order valence-electron chi connectivity index (χ3n) is 2.42. The molecule has 0 aliphatic rings. The van der Waals surface area contributed by atoms with Crippen LogP contribution in [-0.2, 0) is 9.84 Å². The van der Waals surface area contributed by atoms with Gasteiger partial charge >= 0.3 is 0 Å². The van der Waals surface area contributed by atoms with Gasteiger partial charge in [0.1, 0.15) is 15.6 Å². The molecule has 1 aromatic carbocycles. The van der Waals surface area contributed by atoms with Gasteiger partial charge < -0.3 is 10.5 Å². The molecule has 1 atom stereocenters. The molecule has 1 rings (SSSR count). The van der Waals surface area contributed by atoms with Gasteiger partial charge in [0.05, 0.1) is 12.4 Å². The van der Waals surface area contributed by atoms with E-state index < -0.39 is 15.9 Å². The third kappa shape index (κ3) is 4.36. The van der Waals surface area contributed by atoms with Gasteiger partial charge in [-0.25, -0.2) is 8.42 Å². The topological polar surface area (TPSA) is 69.4 Å². The molecule has 0 bridgehead atoms. The van der Waals surface area contributed by atoms with Crippen LogP contribution in [0.4, 0.5) is 0 Å². The van der Waals surface area contributed by atoms with Crippen LogP contribution in [0.5, 0.6) is 5.75 Å². The standard InChI is InChI=1S/C12H19NO3S/c1-4-16-12-7-10(6-5-9(12)2)11(13)8-17(3,14)15/h5-7,11H,4,8,13H2,1-3H3. The van der Waals surface area contributed by atoms with Gasteiger partial charge in [0.15, 0.2) is 0 Å². The van der Waals surface area contributed by atoms with Crippen LogP contribution in [0, 0.1) is 6.92 Å². The lowest BCUT2D eigenvalue weighted by Crippen LogP contribution is -2.20. The molecule has 0 radical (unpaired) electrons. The fourth-order valence-corrected chi connectivity index (χ4v) is 2.43. The summed E-state index contributed by atoms with van der Waals surface area (Å²) in [6.07, 6.45) is 1.19. The molecule has 0 saturated heterocycles. The van der Waals surface area contributed by atoms with Gasteiger partial charge in [0.2, 0.25) is 0 Å². The van der Waals surface area contributed by atoms with E-state index in [-0.39, 0.29) is 5.75 Å². The van der Waals surface area contributed by atoms with Crippen LogP contribution < -0.4 is 10.5 Å². The molecule has 96 valence electrons. The Morgan fingerprint density at radius 3 is 2.59 bits per heavy atom. The van der Waals surface area contributed by atoms with Crippen LogP contribution >= 0.6 is 0 Å². The lowest BCUT2D eigenvalue weighted by molar-refractivity contribution is 0.337. The first kappa shape index (κ1) is 14.0. The Morgan fingerprint density at radius 1 is 1.41 bits per heavy atom. The molecule has 4 nitrogen and oxygen atoms in total. The second-order valence-corrected chi connectivity index (χ2v) is 6.34. The maximum atomic E-state index is 11.2. The van der Waals surface area contributed by atoms with Gasteiger partial charge in [-0.15, -0.1) is 0 Å². The lowest BCUT2D eigenvalue weighted by atomic mass is 10.1. The smallest absolute Gasteiger partial charge is 0.149 e. The van der Waals surface area contributed by atoms with E-state index in [0.717, 1.165) is 16.9 Å². The number of rotatable bonds is 5. The molecule has 1 aromatic rings. The van der Waals surface area contributed by atoms with Crippen molar-refractivity contribution in [3.8, 4) is 5.75 Å². The van der Waals surface area contributed by atoms with Crippen LogP contribution in [0.1, 0.15) is 24.1 Å². The molecule has 0 spiro atoms. The van der Waals surface area contributed by atoms with Gasteiger partial charge in [-0.05, 0) is 31.0 Å². The van der Waals surface area contributed by atoms with Crippen LogP contribution in [0.2, 0.25) is 0 Å². The Kier molecular flexibility index (Phi) is 4.54. The Labute approximate surface area is 103 Å². The van der Waals surface area contributed by atoms with Crippen molar-refractivity contribution in [1.82, 2.24) is 0 Å². The number of hydrogen-bond donors (Lipinski definition) is 1. The molecule has 2 N–H and O–H groups in total. The summed E-state index contributed by atoms with van der Waals surface area (Å²) in [6, 6.07) is 5.04. The molecule has 0 aliphatic heterocycles. The number of nitrogens with two attached hydrogens (primary N) is 1. The molecular formula is C12H19NO3S. The molecule has 0 amide bonds. The maximum absolute atomic E-state index is 11.2. The predicted octanol–water partition coefficient (Wildman–Crippen LogP) is 1.44. The molecule has 0 aliphatic carbocycles. The highest BCUT2D eigenvalue weighted by Gasteiger charge is 2.14. The molecule has 0 heterocycles. The van der Waals surface area contributed by atoms with E-state index in [1.165, 1.54) is 6.26 Å². The van der Waals surface area contributed by atoms with Gasteiger partial charge in [0, 0.05) is 12.3 Å². The van der Waals surface area contributed by atoms with E-state index in [1.54, 1.807) is 0 Å². The zero-order chi connectivity index (χ0) is 13.1. The van der Waals surface area contributed by atoms with E-state index >= 15 is 0 Å². The summed E-state index contributed by atoms with van der Waals surface area (Å²) in [5.74, 6) is 0.704. The molecule has 0 aromatic heterocycles. The predicted molar refractivity (Wildman–Crippen MR) is 69.0 cm³/mol. The Hall–Kier alpha value is -1.07. The zero-order valence-electron chi connectivity index (χ0n) is 10.4. The Morgan fingerprint density at radius 2 is 2.06 bits per heavy atom. The highest BCUT2D eigenvalue weighted by Crippen LogP contribution is 2.23. The molecule has 0 saturated carbocycles. The number of sulfone groups is 1. The van der Waals surface area contributed by atoms with E-state index in [0.29, 0.717) is 6.61 Å². The van der Waals surface area contributed by atoms with Crippen LogP contribution in [-0.4, -0.2) is 27.0 Å². The highest BCUT2D eigenvalue weighted by atomic mass is 32.2. The minimum atomic E-state index is -3.07. The first-order chi connectivity index (χ1) is 7.83. The zero-order valence-corrected chi connectivity index (χ0v) is 11.3. The summed E-state index contributed by atoms with van der Waals surface area (Å²) in [6.45, 7) is 4.42. The fraction of sp³-hybridized carbons (Fsp3) is 0.500. The van der Waals surface area contributed by atoms with E-state index in [4.69, 9.17) is 10.5 Å². The number of benzene rings is 1. The van der Waals surface area contributed by atoms with Gasteiger partial charge in [0.25, 0.3) is 0 Å². The van der Waals surface area contributed by atoms with Gasteiger partial charge in [-0.3, -0.25) is 0 Å². The minimum Gasteiger partial charge on any atom is -0.494 e. The van der Waals surface area contributed by atoms with Gasteiger partial charge in [-0.2, -0.15) is 0 Å². The summed E-state index contributed by atoms with van der Waals surface area (Å²) >= 11 is 0. The average Bonchev–Trinajstić information content (AvgIpc) is 2.19. The average molecular weight is 257 g/mol. The summed E-state index contributed by atoms with van der Waals surface area (Å²) in [5.41, 5.74) is 7.66. The lowest BCUT2D eigenvalue weighted by Gasteiger charge is -2.14. The summed E-state index contributed by atoms with van der Waals surface area (Å²) in [4.78, 5) is 0. The molecular weight excluding hydrogens is 238 g/mol. The van der Waals surface area contributed by atoms with Crippen molar-refractivity contribution in [3.63, 3.8) is 0 Å². The minimum absolute atomic E-state index is 0.0539. The van der Waals surface area contributed by atoms with Crippen LogP contribution in [0.3, 0.4) is 0 Å². The molecule has 17 heavy (non-hydrogen) atoms. The van der Waals surface area contributed by atoms with E-state index in [9.17, 15) is 8.42 Å². The van der Waals surface area contributed by atoms with Crippen LogP contribution in [0.15, 0.2) is 18.2 Å². The molecule has 5 heteroatoms. The number of hydrogen-bond acceptors (Lipinski definition) is 4. The Bertz CT molecular complexity index is 483. The van der Waals surface area contributed by atoms with Crippen LogP contribution in [0.25, 0.3) is 0 Å². The second kappa shape index (κ2) is 5.51. The summed E-state index contributed by atoms with van der Waals surface area (Å²) < 4.78 is 27.8. The molecule has 0 fully saturated rings. The quantitative estimate of drug-likeness (QED) is 0.866. The SMILES string of the molecule is CCOc1cc(C(N)CS(C)(=O)=O)ccc1C. The Balaban J connectivity index is 2.95. The van der Waals surface area contributed by atoms with Crippen molar-refractivity contribution >= 4 is 9.84 Å². The summed E-state index contributed by atoms with van der Waals surface area (Å²) in [7, 11) is -3.07. The first-order valence-electron chi connectivity index (χ1n) is 5.50. The van der Waals surface area contributed by atoms with E-state index in [1.807, 2.05) is 32.0 Å². The highest BCUT2D eigenvalue weighted by molar-refractivity contribution is 7.90. The van der Waals surface area contributed by atoms with Crippen molar-refractivity contribution in [1.29, 1.82) is 0 Å². The first-order valence-corrected chi connectivity index (χ1v) is 7.56. The second-order valence-electron chi connectivity index (χ2n) is 4.16. The largest absolute Gasteiger partial charge is 0.494 e. The monoisotopic (exact) mass is 257 g/mol. The van der Waals surface area contributed by atoms with Crippen molar-refractivity contribution in [2.45, 2.75) is 19.9 Å². The maximum Gasteiger partial charge on any atom is 0.149 e. The van der Waals surface area contributed by atoms with Crippen molar-refractivity contribution < 1.29 is 13.2 Å². The number of aryl methyl sites for hydroxylation is 1. The summed E-state index contributed by atoms with van der Waals surface area (Å²) in [5, 5.41) is 0. The van der Waals surface area contributed by atoms with E-state index in [2.05, 4.69) is 0 Å².